The molecule has 120 valence electrons. The zero-order chi connectivity index (χ0) is 16.7. The van der Waals surface area contributed by atoms with E-state index in [4.69, 9.17) is 4.98 Å². The summed E-state index contributed by atoms with van der Waals surface area (Å²) in [6.07, 6.45) is 0. The summed E-state index contributed by atoms with van der Waals surface area (Å²) in [6, 6.07) is 13.3. The number of nitrogens with one attached hydrogen (secondary N) is 1. The number of hydrogen-bond donors (Lipinski definition) is 1. The minimum atomic E-state index is 0.0422. The highest BCUT2D eigenvalue weighted by atomic mass is 16.1. The Morgan fingerprint density at radius 1 is 0.958 bits per heavy atom. The molecule has 4 rings (SSSR count). The lowest BCUT2D eigenvalue weighted by molar-refractivity contribution is 0.104. The molecule has 1 heterocycles. The number of carbonyl (C=O) groups is 1. The Balaban J connectivity index is 1.88. The fraction of sp³-hybridized carbons (Fsp3) is 0.211. The first-order valence-electron chi connectivity index (χ1n) is 7.98. The molecule has 0 spiro atoms. The van der Waals surface area contributed by atoms with Crippen LogP contribution in [0.4, 0.5) is 5.95 Å². The molecule has 1 N–H and O–H groups in total. The molecule has 1 aliphatic carbocycles. The highest BCUT2D eigenvalue weighted by molar-refractivity contribution is 6.24. The molecule has 2 aromatic carbocycles. The molecule has 0 bridgehead atoms. The van der Waals surface area contributed by atoms with Crippen molar-refractivity contribution in [2.45, 2.75) is 0 Å². The van der Waals surface area contributed by atoms with Crippen molar-refractivity contribution in [3.63, 3.8) is 0 Å². The van der Waals surface area contributed by atoms with Crippen LogP contribution < -0.4 is 5.32 Å². The summed E-state index contributed by atoms with van der Waals surface area (Å²) in [6.45, 7) is 1.66. The predicted octanol–water partition coefficient (Wildman–Crippen LogP) is 2.81. The van der Waals surface area contributed by atoms with E-state index in [9.17, 15) is 4.79 Å². The van der Waals surface area contributed by atoms with Crippen LogP contribution in [0.2, 0.25) is 0 Å². The molecule has 0 unspecified atom stereocenters. The molecule has 0 atom stereocenters. The van der Waals surface area contributed by atoms with Gasteiger partial charge in [-0.1, -0.05) is 36.4 Å². The Kier molecular flexibility index (Phi) is 3.50. The number of ketones is 1. The van der Waals surface area contributed by atoms with Crippen LogP contribution in [0.5, 0.6) is 0 Å². The number of aromatic nitrogens is 2. The molecule has 1 aromatic heterocycles. The molecule has 0 fully saturated rings. The molecule has 0 aliphatic heterocycles. The predicted molar refractivity (Wildman–Crippen MR) is 95.5 cm³/mol. The third-order valence-electron chi connectivity index (χ3n) is 4.24. The van der Waals surface area contributed by atoms with Crippen LogP contribution in [0.3, 0.4) is 0 Å². The van der Waals surface area contributed by atoms with Gasteiger partial charge in [0.05, 0.1) is 11.2 Å². The molecule has 3 aromatic rings. The summed E-state index contributed by atoms with van der Waals surface area (Å²) in [5, 5.41) is 4.13. The van der Waals surface area contributed by atoms with Crippen LogP contribution >= 0.6 is 0 Å². The van der Waals surface area contributed by atoms with Gasteiger partial charge in [-0.25, -0.2) is 9.97 Å². The highest BCUT2D eigenvalue weighted by Gasteiger charge is 2.26. The minimum Gasteiger partial charge on any atom is -0.353 e. The maximum Gasteiger partial charge on any atom is 0.223 e. The largest absolute Gasteiger partial charge is 0.353 e. The summed E-state index contributed by atoms with van der Waals surface area (Å²) in [5.41, 5.74) is 3.90. The first kappa shape index (κ1) is 14.8. The Morgan fingerprint density at radius 2 is 1.71 bits per heavy atom. The lowest BCUT2D eigenvalue weighted by Gasteiger charge is -2.19. The van der Waals surface area contributed by atoms with E-state index in [1.807, 2.05) is 56.6 Å². The summed E-state index contributed by atoms with van der Waals surface area (Å²) in [5.74, 6) is 0.640. The number of hydrogen-bond acceptors (Lipinski definition) is 5. The van der Waals surface area contributed by atoms with Crippen molar-refractivity contribution >= 4 is 22.6 Å². The number of benzene rings is 2. The topological polar surface area (TPSA) is 58.1 Å². The maximum absolute atomic E-state index is 12.7. The fourth-order valence-corrected chi connectivity index (χ4v) is 3.07. The van der Waals surface area contributed by atoms with E-state index in [0.29, 0.717) is 17.1 Å². The lowest BCUT2D eigenvalue weighted by Crippen LogP contribution is -2.22. The van der Waals surface area contributed by atoms with Gasteiger partial charge in [0.25, 0.3) is 0 Å². The molecule has 5 heteroatoms. The Hall–Kier alpha value is -2.79. The van der Waals surface area contributed by atoms with Gasteiger partial charge in [-0.2, -0.15) is 0 Å². The van der Waals surface area contributed by atoms with Crippen molar-refractivity contribution in [1.82, 2.24) is 14.9 Å². The molecule has 0 amide bonds. The van der Waals surface area contributed by atoms with E-state index in [0.717, 1.165) is 35.2 Å². The molecule has 0 saturated heterocycles. The van der Waals surface area contributed by atoms with Crippen LogP contribution in [-0.2, 0) is 0 Å². The molecule has 24 heavy (non-hydrogen) atoms. The van der Waals surface area contributed by atoms with Gasteiger partial charge in [-0.15, -0.1) is 0 Å². The summed E-state index contributed by atoms with van der Waals surface area (Å²) in [7, 11) is 4.06. The Bertz CT molecular complexity index is 949. The summed E-state index contributed by atoms with van der Waals surface area (Å²) < 4.78 is 0. The molecule has 1 aliphatic rings. The molecule has 5 nitrogen and oxygen atoms in total. The second kappa shape index (κ2) is 5.69. The second-order valence-electron chi connectivity index (χ2n) is 6.20. The Morgan fingerprint density at radius 3 is 2.50 bits per heavy atom. The van der Waals surface area contributed by atoms with Crippen LogP contribution in [0.25, 0.3) is 22.2 Å². The van der Waals surface area contributed by atoms with Gasteiger partial charge in [0.1, 0.15) is 0 Å². The number of carbonyl (C=O) groups excluding carboxylic acids is 1. The van der Waals surface area contributed by atoms with E-state index in [2.05, 4.69) is 15.2 Å². The third kappa shape index (κ3) is 2.34. The van der Waals surface area contributed by atoms with Crippen molar-refractivity contribution in [2.24, 2.45) is 0 Å². The van der Waals surface area contributed by atoms with Crippen molar-refractivity contribution in [2.75, 3.05) is 32.5 Å². The van der Waals surface area contributed by atoms with Crippen LogP contribution in [0, 0.1) is 0 Å². The fourth-order valence-electron chi connectivity index (χ4n) is 3.07. The van der Waals surface area contributed by atoms with Crippen LogP contribution in [0.15, 0.2) is 42.5 Å². The minimum absolute atomic E-state index is 0.0422. The van der Waals surface area contributed by atoms with E-state index in [1.54, 1.807) is 0 Å². The standard InChI is InChI=1S/C19H18N4O/c1-23(2)11-10-20-19-21-15-9-5-8-14-16(15)17(22-19)12-6-3-4-7-13(12)18(14)24/h3-9H,10-11H2,1-2H3,(H,20,21,22). The first-order valence-corrected chi connectivity index (χ1v) is 7.98. The van der Waals surface area contributed by atoms with E-state index in [-0.39, 0.29) is 5.78 Å². The number of anilines is 1. The quantitative estimate of drug-likeness (QED) is 0.627. The zero-order valence-corrected chi connectivity index (χ0v) is 13.7. The van der Waals surface area contributed by atoms with Gasteiger partial charge in [0, 0.05) is 35.2 Å². The summed E-state index contributed by atoms with van der Waals surface area (Å²) in [4.78, 5) is 24.2. The molecule has 0 saturated carbocycles. The third-order valence-corrected chi connectivity index (χ3v) is 4.24. The zero-order valence-electron chi connectivity index (χ0n) is 13.7. The smallest absolute Gasteiger partial charge is 0.223 e. The number of nitrogens with zero attached hydrogens (tertiary/aromatic N) is 3. The van der Waals surface area contributed by atoms with Gasteiger partial charge < -0.3 is 10.2 Å². The van der Waals surface area contributed by atoms with Crippen LogP contribution in [0.1, 0.15) is 15.9 Å². The normalized spacial score (nSPS) is 12.5. The van der Waals surface area contributed by atoms with E-state index in [1.165, 1.54) is 0 Å². The summed E-state index contributed by atoms with van der Waals surface area (Å²) >= 11 is 0. The van der Waals surface area contributed by atoms with Crippen molar-refractivity contribution in [1.29, 1.82) is 0 Å². The molecule has 0 radical (unpaired) electrons. The SMILES string of the molecule is CN(C)CCNc1nc2c3c(cccc3n1)C(=O)c1ccccc1-2. The Labute approximate surface area is 140 Å². The van der Waals surface area contributed by atoms with Gasteiger partial charge in [0.2, 0.25) is 5.95 Å². The lowest BCUT2D eigenvalue weighted by atomic mass is 9.87. The van der Waals surface area contributed by atoms with Gasteiger partial charge >= 0.3 is 0 Å². The van der Waals surface area contributed by atoms with Gasteiger partial charge in [0.15, 0.2) is 5.78 Å². The average molecular weight is 318 g/mol. The highest BCUT2D eigenvalue weighted by Crippen LogP contribution is 2.37. The first-order chi connectivity index (χ1) is 11.6. The van der Waals surface area contributed by atoms with Crippen molar-refractivity contribution in [3.05, 3.63) is 53.6 Å². The monoisotopic (exact) mass is 318 g/mol. The van der Waals surface area contributed by atoms with Crippen LogP contribution in [-0.4, -0.2) is 47.8 Å². The molecular weight excluding hydrogens is 300 g/mol. The van der Waals surface area contributed by atoms with Gasteiger partial charge in [-0.05, 0) is 20.2 Å². The van der Waals surface area contributed by atoms with Crippen molar-refractivity contribution in [3.8, 4) is 11.3 Å². The number of rotatable bonds is 4. The number of likely N-dealkylation sites (N-methyl/N-ethyl adjacent to an activating group) is 1. The maximum atomic E-state index is 12.7. The van der Waals surface area contributed by atoms with E-state index < -0.39 is 0 Å². The second-order valence-corrected chi connectivity index (χ2v) is 6.20. The van der Waals surface area contributed by atoms with Crippen molar-refractivity contribution < 1.29 is 4.79 Å². The average Bonchev–Trinajstić information content (AvgIpc) is 2.59. The van der Waals surface area contributed by atoms with E-state index >= 15 is 0 Å². The number of fused-ring (bicyclic) bond motifs is 2. The van der Waals surface area contributed by atoms with Gasteiger partial charge in [-0.3, -0.25) is 4.79 Å². The molecular formula is C19H18N4O.